The lowest BCUT2D eigenvalue weighted by atomic mass is 10.2. The van der Waals surface area contributed by atoms with Gasteiger partial charge in [-0.25, -0.2) is 20.0 Å². The number of carbonyl (C=O) groups is 1. The highest BCUT2D eigenvalue weighted by Crippen LogP contribution is 2.25. The molecular weight excluding hydrogens is 354 g/mol. The molecule has 0 radical (unpaired) electrons. The van der Waals surface area contributed by atoms with E-state index in [9.17, 15) is 4.79 Å². The summed E-state index contributed by atoms with van der Waals surface area (Å²) >= 11 is 0. The molecule has 0 saturated heterocycles. The third kappa shape index (κ3) is 4.04. The van der Waals surface area contributed by atoms with Crippen molar-refractivity contribution in [2.75, 3.05) is 0 Å². The normalized spacial score (nSPS) is 16.4. The van der Waals surface area contributed by atoms with Crippen molar-refractivity contribution in [1.29, 1.82) is 0 Å². The Morgan fingerprint density at radius 2 is 1.96 bits per heavy atom. The van der Waals surface area contributed by atoms with Crippen LogP contribution in [0.4, 0.5) is 5.82 Å². The summed E-state index contributed by atoms with van der Waals surface area (Å²) in [6.07, 6.45) is 9.15. The molecule has 4 rings (SSSR count). The maximum Gasteiger partial charge on any atom is 0.251 e. The first-order chi connectivity index (χ1) is 13.8. The Kier molecular flexibility index (Phi) is 5.06. The number of ether oxygens (including phenoxy) is 1. The zero-order chi connectivity index (χ0) is 19.2. The molecule has 0 fully saturated rings. The van der Waals surface area contributed by atoms with Gasteiger partial charge < -0.3 is 4.74 Å². The van der Waals surface area contributed by atoms with Gasteiger partial charge in [0.1, 0.15) is 12.1 Å². The molecule has 0 aliphatic carbocycles. The fraction of sp³-hybridized carbons (Fsp3) is 0.0476. The van der Waals surface area contributed by atoms with E-state index < -0.39 is 0 Å². The van der Waals surface area contributed by atoms with Gasteiger partial charge in [0.25, 0.3) is 5.91 Å². The van der Waals surface area contributed by atoms with Crippen LogP contribution < -0.4 is 15.3 Å². The minimum absolute atomic E-state index is 0.105. The van der Waals surface area contributed by atoms with Gasteiger partial charge >= 0.3 is 0 Å². The topological polar surface area (TPSA) is 89.2 Å². The average molecular weight is 369 g/mol. The number of nitrogens with zero attached hydrogens (tertiary/aromatic N) is 5. The first-order valence-electron chi connectivity index (χ1n) is 8.59. The Hall–Kier alpha value is -4.00. The van der Waals surface area contributed by atoms with Crippen molar-refractivity contribution >= 4 is 41.3 Å². The van der Waals surface area contributed by atoms with E-state index in [4.69, 9.17) is 9.73 Å². The highest BCUT2D eigenvalue weighted by atomic mass is 16.5. The van der Waals surface area contributed by atoms with E-state index in [-0.39, 0.29) is 12.3 Å². The number of allylic oxidation sites excluding steroid dienone is 1. The van der Waals surface area contributed by atoms with Crippen molar-refractivity contribution in [3.05, 3.63) is 71.7 Å². The van der Waals surface area contributed by atoms with Gasteiger partial charge in [-0.15, -0.1) is 0 Å². The van der Waals surface area contributed by atoms with E-state index in [1.165, 1.54) is 25.0 Å². The number of amides is 1. The summed E-state index contributed by atoms with van der Waals surface area (Å²) in [7, 11) is 0. The van der Waals surface area contributed by atoms with Gasteiger partial charge in [0.15, 0.2) is 5.82 Å². The summed E-state index contributed by atoms with van der Waals surface area (Å²) in [6.45, 7) is 0. The number of rotatable bonds is 0. The Morgan fingerprint density at radius 3 is 2.93 bits per heavy atom. The quantitative estimate of drug-likeness (QED) is 0.608. The van der Waals surface area contributed by atoms with Crippen molar-refractivity contribution in [1.82, 2.24) is 9.97 Å². The summed E-state index contributed by atoms with van der Waals surface area (Å²) in [5.74, 6) is 0.834. The molecule has 7 nitrogen and oxygen atoms in total. The minimum Gasteiger partial charge on any atom is -0.465 e. The molecule has 1 amide bonds. The van der Waals surface area contributed by atoms with Gasteiger partial charge in [0.05, 0.1) is 23.6 Å². The van der Waals surface area contributed by atoms with Crippen LogP contribution in [0, 0.1) is 0 Å². The Labute approximate surface area is 160 Å². The third-order valence-corrected chi connectivity index (χ3v) is 3.92. The van der Waals surface area contributed by atoms with E-state index in [0.29, 0.717) is 16.9 Å². The number of aromatic nitrogens is 2. The molecule has 28 heavy (non-hydrogen) atoms. The van der Waals surface area contributed by atoms with Gasteiger partial charge in [-0.3, -0.25) is 9.79 Å². The van der Waals surface area contributed by atoms with Crippen molar-refractivity contribution < 1.29 is 9.53 Å². The number of aliphatic imine (C=N–C) groups is 2. The molecule has 0 atom stereocenters. The molecule has 136 valence electrons. The lowest BCUT2D eigenvalue weighted by molar-refractivity contribution is -0.116. The molecule has 0 saturated carbocycles. The summed E-state index contributed by atoms with van der Waals surface area (Å²) in [6, 6.07) is 13.0. The highest BCUT2D eigenvalue weighted by molar-refractivity contribution is 5.96. The summed E-state index contributed by atoms with van der Waals surface area (Å²) in [5, 5.41) is 2.28. The van der Waals surface area contributed by atoms with Gasteiger partial charge in [-0.2, -0.15) is 0 Å². The van der Waals surface area contributed by atoms with Crippen LogP contribution >= 0.6 is 0 Å². The van der Waals surface area contributed by atoms with Gasteiger partial charge in [-0.05, 0) is 30.3 Å². The van der Waals surface area contributed by atoms with Gasteiger partial charge in [-0.1, -0.05) is 18.2 Å². The van der Waals surface area contributed by atoms with Gasteiger partial charge in [0.2, 0.25) is 0 Å². The standard InChI is InChI=1S/C21H15N5O2/c27-20-8-10-22-13-15-4-1-2-5-18(15)26-21-17-12-16(28-11-3-9-23-20)6-7-19(17)24-14-25-21/h1-7,9-14H,8H2/b11-3-,15-13-,22-10?,23-9?,26-18?. The van der Waals surface area contributed by atoms with Crippen LogP contribution in [0.15, 0.2) is 76.1 Å². The number of carbonyl (C=O) groups excluding carboxylic acids is 1. The number of para-hydroxylation sites is 1. The van der Waals surface area contributed by atoms with E-state index >= 15 is 0 Å². The minimum atomic E-state index is -0.298. The van der Waals surface area contributed by atoms with E-state index in [0.717, 1.165) is 16.1 Å². The summed E-state index contributed by atoms with van der Waals surface area (Å²) < 4.78 is 5.58. The molecule has 3 aromatic rings. The van der Waals surface area contributed by atoms with Crippen LogP contribution in [-0.2, 0) is 4.79 Å². The number of fused-ring (bicyclic) bond motifs is 2. The van der Waals surface area contributed by atoms with Crippen molar-refractivity contribution in [2.24, 2.45) is 15.0 Å². The van der Waals surface area contributed by atoms with Crippen LogP contribution in [0.25, 0.3) is 17.1 Å². The van der Waals surface area contributed by atoms with Crippen molar-refractivity contribution in [3.63, 3.8) is 0 Å². The first-order valence-corrected chi connectivity index (χ1v) is 8.59. The number of benzene rings is 2. The monoisotopic (exact) mass is 369 g/mol. The summed E-state index contributed by atoms with van der Waals surface area (Å²) in [5.41, 5.74) is 0.759. The number of hydrogen-bond acceptors (Lipinski definition) is 6. The van der Waals surface area contributed by atoms with E-state index in [2.05, 4.69) is 20.0 Å². The van der Waals surface area contributed by atoms with Crippen LogP contribution in [-0.4, -0.2) is 28.3 Å². The maximum atomic E-state index is 11.7. The smallest absolute Gasteiger partial charge is 0.251 e. The Balaban J connectivity index is 1.93. The second-order valence-electron chi connectivity index (χ2n) is 5.83. The molecule has 0 unspecified atom stereocenters. The Bertz CT molecular complexity index is 1250. The third-order valence-electron chi connectivity index (χ3n) is 3.92. The molecule has 0 N–H and O–H groups in total. The number of hydrogen-bond donors (Lipinski definition) is 0. The second kappa shape index (κ2) is 8.13. The van der Waals surface area contributed by atoms with Crippen LogP contribution in [0.1, 0.15) is 6.42 Å². The second-order valence-corrected chi connectivity index (χ2v) is 5.83. The zero-order valence-corrected chi connectivity index (χ0v) is 14.8. The van der Waals surface area contributed by atoms with Crippen molar-refractivity contribution in [2.45, 2.75) is 6.42 Å². The molecule has 7 heteroatoms. The molecule has 0 spiro atoms. The first kappa shape index (κ1) is 17.4. The fourth-order valence-electron chi connectivity index (χ4n) is 2.59. The largest absolute Gasteiger partial charge is 0.465 e. The maximum absolute atomic E-state index is 11.7. The molecule has 1 aliphatic heterocycles. The average Bonchev–Trinajstić information content (AvgIpc) is 2.72. The predicted molar refractivity (Wildman–Crippen MR) is 107 cm³/mol. The highest BCUT2D eigenvalue weighted by Gasteiger charge is 2.04. The van der Waals surface area contributed by atoms with E-state index in [1.54, 1.807) is 18.3 Å². The Morgan fingerprint density at radius 1 is 1.04 bits per heavy atom. The molecule has 2 bridgehead atoms. The molecule has 2 heterocycles. The zero-order valence-electron chi connectivity index (χ0n) is 14.8. The molecule has 1 aliphatic rings. The lowest BCUT2D eigenvalue weighted by Crippen LogP contribution is -2.23. The van der Waals surface area contributed by atoms with Gasteiger partial charge in [0, 0.05) is 29.2 Å². The fourth-order valence-corrected chi connectivity index (χ4v) is 2.59. The van der Waals surface area contributed by atoms with Crippen LogP contribution in [0.5, 0.6) is 5.75 Å². The van der Waals surface area contributed by atoms with Crippen molar-refractivity contribution in [3.8, 4) is 5.75 Å². The molecule has 2 aromatic carbocycles. The molecule has 1 aromatic heterocycles. The van der Waals surface area contributed by atoms with Crippen LogP contribution in [0.3, 0.4) is 0 Å². The predicted octanol–water partition coefficient (Wildman–Crippen LogP) is 2.28. The lowest BCUT2D eigenvalue weighted by Gasteiger charge is -2.04. The van der Waals surface area contributed by atoms with E-state index in [1.807, 2.05) is 36.4 Å². The SMILES string of the molecule is O=C1CC=N/C=c2/ccccc2=Nc2ncnc3ccc(cc23)O/C=C\C=N1. The van der Waals surface area contributed by atoms with Crippen LogP contribution in [0.2, 0.25) is 0 Å². The molecular formula is C21H15N5O2. The summed E-state index contributed by atoms with van der Waals surface area (Å²) in [4.78, 5) is 33.0.